The first-order chi connectivity index (χ1) is 15.1. The van der Waals surface area contributed by atoms with Gasteiger partial charge < -0.3 is 16.4 Å². The second-order valence-electron chi connectivity index (χ2n) is 9.54. The van der Waals surface area contributed by atoms with Gasteiger partial charge in [-0.25, -0.2) is 13.8 Å². The Bertz CT molecular complexity index is 1140. The highest BCUT2D eigenvalue weighted by molar-refractivity contribution is 5.95. The van der Waals surface area contributed by atoms with Gasteiger partial charge in [-0.2, -0.15) is 0 Å². The van der Waals surface area contributed by atoms with Crippen molar-refractivity contribution in [2.24, 2.45) is 5.73 Å². The summed E-state index contributed by atoms with van der Waals surface area (Å²) in [5.41, 5.74) is 6.87. The quantitative estimate of drug-likeness (QED) is 0.557. The Morgan fingerprint density at radius 1 is 1.12 bits per heavy atom. The molecule has 8 heteroatoms. The Morgan fingerprint density at radius 3 is 2.53 bits per heavy atom. The standard InChI is InChI=1S/C24H29F2N5O/c1-24(2,3)30-22-21(18-13-15(25)4-9-19(18)26)29-20-12-14(10-11-31(20)22)23(32)28-17-7-5-16(27)6-8-17/h4,9-13,16-17,30H,5-8,27H2,1-3H3,(H,28,32). The number of pyridine rings is 1. The molecule has 1 fully saturated rings. The summed E-state index contributed by atoms with van der Waals surface area (Å²) in [6.07, 6.45) is 5.24. The maximum atomic E-state index is 14.6. The number of benzene rings is 1. The van der Waals surface area contributed by atoms with E-state index in [-0.39, 0.29) is 34.8 Å². The largest absolute Gasteiger partial charge is 0.365 e. The Kier molecular flexibility index (Phi) is 5.90. The summed E-state index contributed by atoms with van der Waals surface area (Å²) in [7, 11) is 0. The highest BCUT2D eigenvalue weighted by atomic mass is 19.1. The predicted octanol–water partition coefficient (Wildman–Crippen LogP) is 4.49. The molecule has 0 saturated heterocycles. The van der Waals surface area contributed by atoms with Gasteiger partial charge in [0.15, 0.2) is 0 Å². The van der Waals surface area contributed by atoms with Crippen LogP contribution in [-0.4, -0.2) is 32.9 Å². The molecule has 4 rings (SSSR count). The van der Waals surface area contributed by atoms with Crippen LogP contribution in [-0.2, 0) is 0 Å². The lowest BCUT2D eigenvalue weighted by atomic mass is 9.91. The van der Waals surface area contributed by atoms with Crippen molar-refractivity contribution in [2.75, 3.05) is 5.32 Å². The average Bonchev–Trinajstić information content (AvgIpc) is 3.07. The molecule has 0 radical (unpaired) electrons. The molecule has 3 aromatic rings. The van der Waals surface area contributed by atoms with E-state index in [1.54, 1.807) is 22.7 Å². The molecule has 1 saturated carbocycles. The van der Waals surface area contributed by atoms with Gasteiger partial charge in [-0.15, -0.1) is 0 Å². The molecule has 32 heavy (non-hydrogen) atoms. The summed E-state index contributed by atoms with van der Waals surface area (Å²) >= 11 is 0. The van der Waals surface area contributed by atoms with Gasteiger partial charge in [-0.1, -0.05) is 0 Å². The van der Waals surface area contributed by atoms with Gasteiger partial charge >= 0.3 is 0 Å². The van der Waals surface area contributed by atoms with Crippen molar-refractivity contribution in [2.45, 2.75) is 64.1 Å². The summed E-state index contributed by atoms with van der Waals surface area (Å²) in [4.78, 5) is 17.4. The predicted molar refractivity (Wildman–Crippen MR) is 122 cm³/mol. The summed E-state index contributed by atoms with van der Waals surface area (Å²) in [5, 5.41) is 6.41. The van der Waals surface area contributed by atoms with E-state index >= 15 is 0 Å². The Morgan fingerprint density at radius 2 is 1.84 bits per heavy atom. The summed E-state index contributed by atoms with van der Waals surface area (Å²) in [5.74, 6) is -0.766. The lowest BCUT2D eigenvalue weighted by Crippen LogP contribution is -2.40. The SMILES string of the molecule is CC(C)(C)Nc1c(-c2cc(F)ccc2F)nc2cc(C(=O)NC3CCC(N)CC3)ccn12. The zero-order valence-electron chi connectivity index (χ0n) is 18.6. The van der Waals surface area contributed by atoms with Crippen molar-refractivity contribution >= 4 is 17.4 Å². The zero-order valence-corrected chi connectivity index (χ0v) is 18.6. The fraction of sp³-hybridized carbons (Fsp3) is 0.417. The van der Waals surface area contributed by atoms with Crippen LogP contribution >= 0.6 is 0 Å². The van der Waals surface area contributed by atoms with Gasteiger partial charge in [-0.05, 0) is 76.8 Å². The number of aromatic nitrogens is 2. The number of imidazole rings is 1. The number of fused-ring (bicyclic) bond motifs is 1. The fourth-order valence-electron chi connectivity index (χ4n) is 4.06. The van der Waals surface area contributed by atoms with Crippen LogP contribution in [0.4, 0.5) is 14.6 Å². The molecule has 0 atom stereocenters. The minimum Gasteiger partial charge on any atom is -0.365 e. The van der Waals surface area contributed by atoms with Gasteiger partial charge in [0.05, 0.1) is 0 Å². The number of carbonyl (C=O) groups excluding carboxylic acids is 1. The second-order valence-corrected chi connectivity index (χ2v) is 9.54. The van der Waals surface area contributed by atoms with Gasteiger partial charge in [-0.3, -0.25) is 9.20 Å². The smallest absolute Gasteiger partial charge is 0.251 e. The number of nitrogens with two attached hydrogens (primary N) is 1. The van der Waals surface area contributed by atoms with Crippen LogP contribution < -0.4 is 16.4 Å². The molecule has 1 aliphatic rings. The Hall–Kier alpha value is -3.00. The number of anilines is 1. The number of nitrogens with zero attached hydrogens (tertiary/aromatic N) is 2. The van der Waals surface area contributed by atoms with Crippen LogP contribution in [0.5, 0.6) is 0 Å². The first-order valence-corrected chi connectivity index (χ1v) is 10.9. The third-order valence-corrected chi connectivity index (χ3v) is 5.67. The molecule has 170 valence electrons. The van der Waals surface area contributed by atoms with Crippen molar-refractivity contribution in [3.05, 3.63) is 53.7 Å². The van der Waals surface area contributed by atoms with E-state index in [1.165, 1.54) is 0 Å². The lowest BCUT2D eigenvalue weighted by Gasteiger charge is -2.26. The van der Waals surface area contributed by atoms with Crippen molar-refractivity contribution in [1.82, 2.24) is 14.7 Å². The van der Waals surface area contributed by atoms with E-state index in [2.05, 4.69) is 15.6 Å². The van der Waals surface area contributed by atoms with Crippen molar-refractivity contribution < 1.29 is 13.6 Å². The molecule has 1 amide bonds. The van der Waals surface area contributed by atoms with Crippen LogP contribution in [0.25, 0.3) is 16.9 Å². The Labute approximate surface area is 186 Å². The van der Waals surface area contributed by atoms with E-state index in [1.807, 2.05) is 20.8 Å². The molecule has 6 nitrogen and oxygen atoms in total. The second kappa shape index (κ2) is 8.50. The highest BCUT2D eigenvalue weighted by Crippen LogP contribution is 2.33. The van der Waals surface area contributed by atoms with E-state index in [4.69, 9.17) is 5.73 Å². The first-order valence-electron chi connectivity index (χ1n) is 10.9. The number of amides is 1. The van der Waals surface area contributed by atoms with Gasteiger partial charge in [0.1, 0.15) is 28.8 Å². The average molecular weight is 442 g/mol. The van der Waals surface area contributed by atoms with Crippen LogP contribution in [0.2, 0.25) is 0 Å². The topological polar surface area (TPSA) is 84.5 Å². The van der Waals surface area contributed by atoms with Crippen LogP contribution in [0.15, 0.2) is 36.5 Å². The molecule has 1 aliphatic carbocycles. The maximum Gasteiger partial charge on any atom is 0.251 e. The normalized spacial score (nSPS) is 19.2. The highest BCUT2D eigenvalue weighted by Gasteiger charge is 2.24. The molecule has 2 aromatic heterocycles. The molecule has 0 aliphatic heterocycles. The fourth-order valence-corrected chi connectivity index (χ4v) is 4.06. The Balaban J connectivity index is 1.72. The molecule has 2 heterocycles. The van der Waals surface area contributed by atoms with E-state index in [9.17, 15) is 13.6 Å². The van der Waals surface area contributed by atoms with Crippen molar-refractivity contribution in [3.8, 4) is 11.3 Å². The molecule has 0 bridgehead atoms. The van der Waals surface area contributed by atoms with Crippen LogP contribution in [0, 0.1) is 11.6 Å². The number of rotatable bonds is 4. The van der Waals surface area contributed by atoms with Crippen LogP contribution in [0.1, 0.15) is 56.8 Å². The number of nitrogens with one attached hydrogen (secondary N) is 2. The first kappa shape index (κ1) is 22.2. The van der Waals surface area contributed by atoms with Crippen molar-refractivity contribution in [1.29, 1.82) is 0 Å². The minimum absolute atomic E-state index is 0.0602. The van der Waals surface area contributed by atoms with Crippen molar-refractivity contribution in [3.63, 3.8) is 0 Å². The molecular formula is C24H29F2N5O. The number of carbonyl (C=O) groups is 1. The third-order valence-electron chi connectivity index (χ3n) is 5.67. The van der Waals surface area contributed by atoms with Crippen LogP contribution in [0.3, 0.4) is 0 Å². The third kappa shape index (κ3) is 4.75. The number of hydrogen-bond donors (Lipinski definition) is 3. The molecule has 4 N–H and O–H groups in total. The van der Waals surface area contributed by atoms with Gasteiger partial charge in [0.25, 0.3) is 5.91 Å². The molecule has 0 spiro atoms. The number of halogens is 2. The summed E-state index contributed by atoms with van der Waals surface area (Å²) in [6, 6.07) is 6.98. The molecule has 0 unspecified atom stereocenters. The maximum absolute atomic E-state index is 14.6. The monoisotopic (exact) mass is 441 g/mol. The van der Waals surface area contributed by atoms with E-state index in [0.29, 0.717) is 17.0 Å². The molecule has 1 aromatic carbocycles. The minimum atomic E-state index is -0.569. The van der Waals surface area contributed by atoms with E-state index in [0.717, 1.165) is 43.9 Å². The number of hydrogen-bond acceptors (Lipinski definition) is 4. The van der Waals surface area contributed by atoms with Gasteiger partial charge in [0, 0.05) is 34.9 Å². The zero-order chi connectivity index (χ0) is 23.0. The van der Waals surface area contributed by atoms with E-state index < -0.39 is 11.6 Å². The molecular weight excluding hydrogens is 412 g/mol. The summed E-state index contributed by atoms with van der Waals surface area (Å²) in [6.45, 7) is 5.90. The van der Waals surface area contributed by atoms with Gasteiger partial charge in [0.2, 0.25) is 0 Å². The lowest BCUT2D eigenvalue weighted by molar-refractivity contribution is 0.0926. The summed E-state index contributed by atoms with van der Waals surface area (Å²) < 4.78 is 30.2.